The fourth-order valence-corrected chi connectivity index (χ4v) is 3.07. The van der Waals surface area contributed by atoms with Gasteiger partial charge in [-0.3, -0.25) is 14.8 Å². The monoisotopic (exact) mass is 249 g/mol. The van der Waals surface area contributed by atoms with Crippen molar-refractivity contribution < 1.29 is 9.53 Å². The van der Waals surface area contributed by atoms with Crippen LogP contribution in [0.15, 0.2) is 12.3 Å². The average molecular weight is 249 g/mol. The number of ether oxygens (including phenoxy) is 1. The summed E-state index contributed by atoms with van der Waals surface area (Å²) in [7, 11) is 0. The Balaban J connectivity index is 1.69. The third-order valence-electron chi connectivity index (χ3n) is 4.00. The second-order valence-corrected chi connectivity index (χ2v) is 5.35. The maximum absolute atomic E-state index is 11.8. The van der Waals surface area contributed by atoms with Crippen LogP contribution in [0.2, 0.25) is 0 Å². The third-order valence-corrected chi connectivity index (χ3v) is 4.00. The predicted molar refractivity (Wildman–Crippen MR) is 66.1 cm³/mol. The number of hydrogen-bond acceptors (Lipinski definition) is 4. The molecule has 0 bridgehead atoms. The van der Waals surface area contributed by atoms with Crippen molar-refractivity contribution in [3.05, 3.63) is 18.0 Å². The van der Waals surface area contributed by atoms with Crippen molar-refractivity contribution in [3.63, 3.8) is 0 Å². The lowest BCUT2D eigenvalue weighted by Crippen LogP contribution is -2.44. The molecule has 0 spiro atoms. The molecule has 0 amide bonds. The second-order valence-electron chi connectivity index (χ2n) is 5.35. The van der Waals surface area contributed by atoms with Crippen molar-refractivity contribution in [1.82, 2.24) is 15.1 Å². The fraction of sp³-hybridized carbons (Fsp3) is 0.692. The molecule has 18 heavy (non-hydrogen) atoms. The van der Waals surface area contributed by atoms with Gasteiger partial charge in [0.2, 0.25) is 0 Å². The SMILES string of the molecule is CC1CC(N2CCCC(c3ccn[nH]3)C2)C(=O)O1. The molecule has 2 fully saturated rings. The molecule has 1 aromatic rings. The smallest absolute Gasteiger partial charge is 0.323 e. The molecule has 3 rings (SSSR count). The molecule has 5 heteroatoms. The van der Waals surface area contributed by atoms with Gasteiger partial charge in [-0.1, -0.05) is 0 Å². The van der Waals surface area contributed by atoms with E-state index >= 15 is 0 Å². The number of carbonyl (C=O) groups is 1. The predicted octanol–water partition coefficient (Wildman–Crippen LogP) is 1.29. The van der Waals surface area contributed by atoms with Gasteiger partial charge >= 0.3 is 5.97 Å². The van der Waals surface area contributed by atoms with Gasteiger partial charge in [-0.05, 0) is 32.4 Å². The average Bonchev–Trinajstić information content (AvgIpc) is 2.99. The van der Waals surface area contributed by atoms with Crippen LogP contribution in [0, 0.1) is 0 Å². The first-order valence-electron chi connectivity index (χ1n) is 6.68. The highest BCUT2D eigenvalue weighted by Crippen LogP contribution is 2.29. The molecule has 5 nitrogen and oxygen atoms in total. The van der Waals surface area contributed by atoms with Gasteiger partial charge in [0, 0.05) is 30.8 Å². The van der Waals surface area contributed by atoms with E-state index in [1.165, 1.54) is 5.69 Å². The summed E-state index contributed by atoms with van der Waals surface area (Å²) in [4.78, 5) is 14.1. The van der Waals surface area contributed by atoms with Gasteiger partial charge in [-0.2, -0.15) is 5.10 Å². The number of rotatable bonds is 2. The van der Waals surface area contributed by atoms with Crippen molar-refractivity contribution in [2.24, 2.45) is 0 Å². The summed E-state index contributed by atoms with van der Waals surface area (Å²) in [6.07, 6.45) is 4.97. The first kappa shape index (κ1) is 11.7. The highest BCUT2D eigenvalue weighted by molar-refractivity contribution is 5.78. The van der Waals surface area contributed by atoms with Crippen LogP contribution in [0.5, 0.6) is 0 Å². The van der Waals surface area contributed by atoms with E-state index in [1.54, 1.807) is 6.20 Å². The van der Waals surface area contributed by atoms with Gasteiger partial charge in [0.1, 0.15) is 12.1 Å². The molecule has 2 aliphatic heterocycles. The quantitative estimate of drug-likeness (QED) is 0.802. The van der Waals surface area contributed by atoms with Gasteiger partial charge in [0.25, 0.3) is 0 Å². The first-order chi connectivity index (χ1) is 8.74. The summed E-state index contributed by atoms with van der Waals surface area (Å²) in [6.45, 7) is 3.89. The van der Waals surface area contributed by atoms with E-state index in [0.717, 1.165) is 32.4 Å². The second kappa shape index (κ2) is 4.72. The molecule has 98 valence electrons. The number of hydrogen-bond donors (Lipinski definition) is 1. The number of nitrogens with one attached hydrogen (secondary N) is 1. The largest absolute Gasteiger partial charge is 0.461 e. The van der Waals surface area contributed by atoms with E-state index in [0.29, 0.717) is 5.92 Å². The summed E-state index contributed by atoms with van der Waals surface area (Å²) >= 11 is 0. The summed E-state index contributed by atoms with van der Waals surface area (Å²) in [5.74, 6) is 0.415. The van der Waals surface area contributed by atoms with Gasteiger partial charge in [0.15, 0.2) is 0 Å². The Hall–Kier alpha value is -1.36. The maximum Gasteiger partial charge on any atom is 0.323 e. The first-order valence-corrected chi connectivity index (χ1v) is 6.68. The zero-order valence-corrected chi connectivity index (χ0v) is 10.6. The van der Waals surface area contributed by atoms with E-state index in [1.807, 2.05) is 13.0 Å². The highest BCUT2D eigenvalue weighted by atomic mass is 16.6. The number of nitrogens with zero attached hydrogens (tertiary/aromatic N) is 2. The molecule has 3 atom stereocenters. The third kappa shape index (κ3) is 2.14. The minimum Gasteiger partial charge on any atom is -0.461 e. The fourth-order valence-electron chi connectivity index (χ4n) is 3.07. The Kier molecular flexibility index (Phi) is 3.07. The minimum absolute atomic E-state index is 0.0364. The Morgan fingerprint density at radius 1 is 1.56 bits per heavy atom. The van der Waals surface area contributed by atoms with E-state index in [9.17, 15) is 4.79 Å². The van der Waals surface area contributed by atoms with E-state index in [2.05, 4.69) is 15.1 Å². The Labute approximate surface area is 107 Å². The molecule has 0 saturated carbocycles. The van der Waals surface area contributed by atoms with Crippen LogP contribution in [-0.2, 0) is 9.53 Å². The van der Waals surface area contributed by atoms with Crippen LogP contribution >= 0.6 is 0 Å². The lowest BCUT2D eigenvalue weighted by molar-refractivity contribution is -0.145. The standard InChI is InChI=1S/C13H19N3O2/c1-9-7-12(13(17)18-9)16-6-2-3-10(8-16)11-4-5-14-15-11/h4-5,9-10,12H,2-3,6-8H2,1H3,(H,14,15). The molecule has 1 N–H and O–H groups in total. The number of carbonyl (C=O) groups excluding carboxylic acids is 1. The number of piperidine rings is 1. The highest BCUT2D eigenvalue weighted by Gasteiger charge is 2.38. The van der Waals surface area contributed by atoms with Crippen LogP contribution in [0.3, 0.4) is 0 Å². The minimum atomic E-state index is -0.0484. The number of aromatic amines is 1. The molecule has 2 saturated heterocycles. The summed E-state index contributed by atoms with van der Waals surface area (Å²) in [5.41, 5.74) is 1.18. The lowest BCUT2D eigenvalue weighted by atomic mass is 9.93. The van der Waals surface area contributed by atoms with Crippen molar-refractivity contribution in [2.75, 3.05) is 13.1 Å². The van der Waals surface area contributed by atoms with Crippen LogP contribution in [0.25, 0.3) is 0 Å². The molecule has 3 unspecified atom stereocenters. The van der Waals surface area contributed by atoms with Crippen LogP contribution in [-0.4, -0.2) is 46.3 Å². The van der Waals surface area contributed by atoms with E-state index in [4.69, 9.17) is 4.74 Å². The zero-order chi connectivity index (χ0) is 12.5. The summed E-state index contributed by atoms with van der Waals surface area (Å²) in [6, 6.07) is 2.00. The Bertz CT molecular complexity index is 418. The van der Waals surface area contributed by atoms with Gasteiger partial charge in [-0.15, -0.1) is 0 Å². The number of cyclic esters (lactones) is 1. The van der Waals surface area contributed by atoms with Crippen LogP contribution in [0.1, 0.15) is 37.8 Å². The maximum atomic E-state index is 11.8. The summed E-state index contributed by atoms with van der Waals surface area (Å²) < 4.78 is 5.25. The van der Waals surface area contributed by atoms with Crippen LogP contribution < -0.4 is 0 Å². The topological polar surface area (TPSA) is 58.2 Å². The Morgan fingerprint density at radius 3 is 3.11 bits per heavy atom. The molecule has 0 radical (unpaired) electrons. The van der Waals surface area contributed by atoms with Crippen molar-refractivity contribution in [2.45, 2.75) is 44.2 Å². The lowest BCUT2D eigenvalue weighted by Gasteiger charge is -2.34. The van der Waals surface area contributed by atoms with Crippen molar-refractivity contribution in [3.8, 4) is 0 Å². The van der Waals surface area contributed by atoms with Gasteiger partial charge in [-0.25, -0.2) is 0 Å². The van der Waals surface area contributed by atoms with E-state index in [-0.39, 0.29) is 18.1 Å². The zero-order valence-electron chi connectivity index (χ0n) is 10.6. The molecule has 3 heterocycles. The van der Waals surface area contributed by atoms with Crippen molar-refractivity contribution >= 4 is 5.97 Å². The van der Waals surface area contributed by atoms with Crippen LogP contribution in [0.4, 0.5) is 0 Å². The molecule has 2 aliphatic rings. The number of aromatic nitrogens is 2. The molecule has 0 aromatic carbocycles. The van der Waals surface area contributed by atoms with Gasteiger partial charge in [0.05, 0.1) is 0 Å². The summed E-state index contributed by atoms with van der Waals surface area (Å²) in [5, 5.41) is 7.06. The van der Waals surface area contributed by atoms with Crippen molar-refractivity contribution in [1.29, 1.82) is 0 Å². The van der Waals surface area contributed by atoms with Gasteiger partial charge < -0.3 is 4.74 Å². The molecule has 0 aliphatic carbocycles. The van der Waals surface area contributed by atoms with E-state index < -0.39 is 0 Å². The Morgan fingerprint density at radius 2 is 2.44 bits per heavy atom. The number of likely N-dealkylation sites (tertiary alicyclic amines) is 1. The number of esters is 1. The molecule has 1 aromatic heterocycles. The normalized spacial score (nSPS) is 33.6. The molecular weight excluding hydrogens is 230 g/mol. The molecular formula is C13H19N3O2. The number of H-pyrrole nitrogens is 1.